The minimum Gasteiger partial charge on any atom is -0.391 e. The Bertz CT molecular complexity index is 327. The zero-order valence-corrected chi connectivity index (χ0v) is 8.80. The van der Waals surface area contributed by atoms with E-state index in [1.807, 2.05) is 4.90 Å². The van der Waals surface area contributed by atoms with Crippen LogP contribution < -0.4 is 10.6 Å². The second-order valence-electron chi connectivity index (χ2n) is 4.08. The number of anilines is 2. The Morgan fingerprint density at radius 2 is 2.27 bits per heavy atom. The number of nitrogens with two attached hydrogens (primary N) is 1. The molecule has 1 aliphatic rings. The minimum atomic E-state index is -0.280. The summed E-state index contributed by atoms with van der Waals surface area (Å²) in [6.45, 7) is 3.60. The minimum absolute atomic E-state index is 0.280. The molecule has 1 aromatic rings. The molecule has 2 atom stereocenters. The molecule has 0 spiro atoms. The van der Waals surface area contributed by atoms with Crippen molar-refractivity contribution >= 4 is 11.6 Å². The topological polar surface area (TPSA) is 75.3 Å². The number of aromatic nitrogens is 2. The van der Waals surface area contributed by atoms with E-state index < -0.39 is 0 Å². The highest BCUT2D eigenvalue weighted by Gasteiger charge is 2.24. The Morgan fingerprint density at radius 3 is 2.87 bits per heavy atom. The fourth-order valence-electron chi connectivity index (χ4n) is 1.75. The highest BCUT2D eigenvalue weighted by Crippen LogP contribution is 2.21. The van der Waals surface area contributed by atoms with E-state index in [2.05, 4.69) is 16.9 Å². The van der Waals surface area contributed by atoms with Gasteiger partial charge >= 0.3 is 0 Å². The number of aliphatic hydroxyl groups excluding tert-OH is 1. The molecule has 15 heavy (non-hydrogen) atoms. The van der Waals surface area contributed by atoms with E-state index in [1.165, 1.54) is 0 Å². The van der Waals surface area contributed by atoms with Gasteiger partial charge in [0.15, 0.2) is 0 Å². The third-order valence-corrected chi connectivity index (χ3v) is 2.90. The molecule has 0 saturated carbocycles. The number of hydrogen-bond donors (Lipinski definition) is 2. The Balaban J connectivity index is 2.08. The van der Waals surface area contributed by atoms with Crippen molar-refractivity contribution < 1.29 is 5.11 Å². The lowest BCUT2D eigenvalue weighted by Gasteiger charge is -2.34. The largest absolute Gasteiger partial charge is 0.391 e. The molecule has 1 saturated heterocycles. The van der Waals surface area contributed by atoms with Gasteiger partial charge in [-0.3, -0.25) is 0 Å². The fraction of sp³-hybridized carbons (Fsp3) is 0.600. The Labute approximate surface area is 88.9 Å². The van der Waals surface area contributed by atoms with E-state index >= 15 is 0 Å². The van der Waals surface area contributed by atoms with Crippen LogP contribution in [0, 0.1) is 5.92 Å². The maximum absolute atomic E-state index is 9.75. The lowest BCUT2D eigenvalue weighted by Crippen LogP contribution is -2.43. The Morgan fingerprint density at radius 1 is 1.47 bits per heavy atom. The van der Waals surface area contributed by atoms with Crippen molar-refractivity contribution in [3.63, 3.8) is 0 Å². The van der Waals surface area contributed by atoms with Gasteiger partial charge in [0.05, 0.1) is 18.5 Å². The molecule has 0 aliphatic carbocycles. The first-order chi connectivity index (χ1) is 7.16. The monoisotopic (exact) mass is 208 g/mol. The van der Waals surface area contributed by atoms with Crippen LogP contribution in [-0.2, 0) is 0 Å². The van der Waals surface area contributed by atoms with E-state index in [9.17, 15) is 5.11 Å². The zero-order chi connectivity index (χ0) is 10.8. The summed E-state index contributed by atoms with van der Waals surface area (Å²) in [5, 5.41) is 9.75. The van der Waals surface area contributed by atoms with Crippen LogP contribution in [0.25, 0.3) is 0 Å². The maximum Gasteiger partial charge on any atom is 0.147 e. The van der Waals surface area contributed by atoms with Gasteiger partial charge < -0.3 is 15.7 Å². The molecule has 0 bridgehead atoms. The predicted octanol–water partition coefficient (Wildman–Crippen LogP) is 0.266. The molecule has 3 N–H and O–H groups in total. The van der Waals surface area contributed by atoms with E-state index in [4.69, 9.17) is 5.73 Å². The Hall–Kier alpha value is -1.36. The zero-order valence-electron chi connectivity index (χ0n) is 8.80. The third kappa shape index (κ3) is 2.18. The van der Waals surface area contributed by atoms with Crippen LogP contribution in [-0.4, -0.2) is 34.3 Å². The lowest BCUT2D eigenvalue weighted by atomic mass is 9.96. The van der Waals surface area contributed by atoms with Gasteiger partial charge in [0.25, 0.3) is 0 Å². The van der Waals surface area contributed by atoms with E-state index in [1.54, 1.807) is 12.4 Å². The van der Waals surface area contributed by atoms with Crippen molar-refractivity contribution in [1.29, 1.82) is 0 Å². The molecule has 82 valence electrons. The summed E-state index contributed by atoms with van der Waals surface area (Å²) in [6.07, 6.45) is 3.89. The number of aliphatic hydroxyl groups is 1. The van der Waals surface area contributed by atoms with Crippen LogP contribution in [0.15, 0.2) is 12.4 Å². The highest BCUT2D eigenvalue weighted by molar-refractivity contribution is 5.39. The fourth-order valence-corrected chi connectivity index (χ4v) is 1.75. The summed E-state index contributed by atoms with van der Waals surface area (Å²) in [6, 6.07) is 0. The van der Waals surface area contributed by atoms with Gasteiger partial charge in [0.2, 0.25) is 0 Å². The first-order valence-electron chi connectivity index (χ1n) is 5.17. The summed E-state index contributed by atoms with van der Waals surface area (Å²) in [7, 11) is 0. The molecular formula is C10H16N4O. The molecule has 2 heterocycles. The van der Waals surface area contributed by atoms with Crippen LogP contribution >= 0.6 is 0 Å². The van der Waals surface area contributed by atoms with Gasteiger partial charge in [-0.1, -0.05) is 6.92 Å². The van der Waals surface area contributed by atoms with Crippen LogP contribution in [0.5, 0.6) is 0 Å². The standard InChI is InChI=1S/C10H16N4O/c1-7-2-3-14(6-8(7)15)10-5-12-9(11)4-13-10/h4-5,7-8,15H,2-3,6H2,1H3,(H2,11,12). The quantitative estimate of drug-likeness (QED) is 0.692. The molecule has 0 aromatic carbocycles. The van der Waals surface area contributed by atoms with Crippen molar-refractivity contribution in [2.45, 2.75) is 19.4 Å². The van der Waals surface area contributed by atoms with Gasteiger partial charge in [0, 0.05) is 13.1 Å². The molecule has 2 unspecified atom stereocenters. The van der Waals surface area contributed by atoms with Crippen LogP contribution in [0.3, 0.4) is 0 Å². The molecule has 1 fully saturated rings. The van der Waals surface area contributed by atoms with Crippen LogP contribution in [0.4, 0.5) is 11.6 Å². The Kier molecular flexibility index (Phi) is 2.73. The van der Waals surface area contributed by atoms with E-state index in [0.717, 1.165) is 18.8 Å². The molecule has 0 radical (unpaired) electrons. The first kappa shape index (κ1) is 10.2. The van der Waals surface area contributed by atoms with Crippen LogP contribution in [0.1, 0.15) is 13.3 Å². The number of β-amino-alcohol motifs (C(OH)–C–C–N with tert-alkyl or cyclic N) is 1. The van der Waals surface area contributed by atoms with Gasteiger partial charge in [-0.05, 0) is 12.3 Å². The SMILES string of the molecule is CC1CCN(c2cnc(N)cn2)CC1O. The molecule has 1 aromatic heterocycles. The van der Waals surface area contributed by atoms with Crippen molar-refractivity contribution in [2.75, 3.05) is 23.7 Å². The van der Waals surface area contributed by atoms with Crippen molar-refractivity contribution in [3.8, 4) is 0 Å². The average molecular weight is 208 g/mol. The highest BCUT2D eigenvalue weighted by atomic mass is 16.3. The lowest BCUT2D eigenvalue weighted by molar-refractivity contribution is 0.102. The number of nitrogen functional groups attached to an aromatic ring is 1. The molecule has 5 nitrogen and oxygen atoms in total. The number of nitrogens with zero attached hydrogens (tertiary/aromatic N) is 3. The van der Waals surface area contributed by atoms with Crippen LogP contribution in [0.2, 0.25) is 0 Å². The summed E-state index contributed by atoms with van der Waals surface area (Å²) in [5.74, 6) is 1.57. The molecule has 1 aliphatic heterocycles. The number of piperidine rings is 1. The third-order valence-electron chi connectivity index (χ3n) is 2.90. The number of rotatable bonds is 1. The molecule has 2 rings (SSSR count). The van der Waals surface area contributed by atoms with Gasteiger partial charge in [0.1, 0.15) is 11.6 Å². The first-order valence-corrected chi connectivity index (χ1v) is 5.17. The van der Waals surface area contributed by atoms with Gasteiger partial charge in [-0.15, -0.1) is 0 Å². The van der Waals surface area contributed by atoms with E-state index in [-0.39, 0.29) is 6.10 Å². The van der Waals surface area contributed by atoms with Crippen molar-refractivity contribution in [1.82, 2.24) is 9.97 Å². The summed E-state index contributed by atoms with van der Waals surface area (Å²) in [4.78, 5) is 10.2. The maximum atomic E-state index is 9.75. The second kappa shape index (κ2) is 4.02. The average Bonchev–Trinajstić information content (AvgIpc) is 2.23. The summed E-state index contributed by atoms with van der Waals surface area (Å²) >= 11 is 0. The summed E-state index contributed by atoms with van der Waals surface area (Å²) in [5.41, 5.74) is 5.46. The van der Waals surface area contributed by atoms with Gasteiger partial charge in [-0.25, -0.2) is 9.97 Å². The molecule has 0 amide bonds. The van der Waals surface area contributed by atoms with Gasteiger partial charge in [-0.2, -0.15) is 0 Å². The predicted molar refractivity (Wildman–Crippen MR) is 58.4 cm³/mol. The molecule has 5 heteroatoms. The van der Waals surface area contributed by atoms with Crippen molar-refractivity contribution in [2.24, 2.45) is 5.92 Å². The number of hydrogen-bond acceptors (Lipinski definition) is 5. The summed E-state index contributed by atoms with van der Waals surface area (Å²) < 4.78 is 0. The van der Waals surface area contributed by atoms with E-state index in [0.29, 0.717) is 18.3 Å². The normalized spacial score (nSPS) is 26.7. The van der Waals surface area contributed by atoms with Crippen molar-refractivity contribution in [3.05, 3.63) is 12.4 Å². The molecular weight excluding hydrogens is 192 g/mol. The second-order valence-corrected chi connectivity index (χ2v) is 4.08. The smallest absolute Gasteiger partial charge is 0.147 e.